The number of carbonyl (C=O) groups excluding carboxylic acids is 1. The molecule has 4 rings (SSSR count). The predicted octanol–water partition coefficient (Wildman–Crippen LogP) is 3.67. The monoisotopic (exact) mass is 459 g/mol. The number of hydrogen-bond donors (Lipinski definition) is 1. The van der Waals surface area contributed by atoms with Crippen molar-refractivity contribution in [3.63, 3.8) is 0 Å². The quantitative estimate of drug-likeness (QED) is 0.529. The molecule has 178 valence electrons. The van der Waals surface area contributed by atoms with Gasteiger partial charge in [0.2, 0.25) is 5.91 Å². The number of benzene rings is 2. The Hall–Kier alpha value is -3.45. The predicted molar refractivity (Wildman–Crippen MR) is 134 cm³/mol. The summed E-state index contributed by atoms with van der Waals surface area (Å²) in [5, 5.41) is 11.9. The molecule has 3 aromatic rings. The Morgan fingerprint density at radius 1 is 1.09 bits per heavy atom. The lowest BCUT2D eigenvalue weighted by Crippen LogP contribution is -2.30. The van der Waals surface area contributed by atoms with Gasteiger partial charge in [0.25, 0.3) is 0 Å². The third-order valence-electron chi connectivity index (χ3n) is 6.20. The van der Waals surface area contributed by atoms with Crippen molar-refractivity contribution in [1.29, 1.82) is 0 Å². The summed E-state index contributed by atoms with van der Waals surface area (Å²) in [6.45, 7) is 5.48. The minimum atomic E-state index is -0.179. The summed E-state index contributed by atoms with van der Waals surface area (Å²) in [5.74, 6) is 2.72. The van der Waals surface area contributed by atoms with Crippen LogP contribution in [-0.2, 0) is 24.2 Å². The number of aryl methyl sites for hydroxylation is 1. The number of methoxy groups -OCH3 is 1. The molecule has 2 heterocycles. The molecule has 1 aliphatic rings. The first kappa shape index (κ1) is 23.7. The summed E-state index contributed by atoms with van der Waals surface area (Å²) in [7, 11) is 1.70. The number of carbonyl (C=O) groups is 1. The van der Waals surface area contributed by atoms with Crippen LogP contribution in [0.25, 0.3) is 6.08 Å². The van der Waals surface area contributed by atoms with Crippen LogP contribution >= 0.6 is 0 Å². The van der Waals surface area contributed by atoms with Crippen LogP contribution < -0.4 is 10.1 Å². The van der Waals surface area contributed by atoms with Crippen LogP contribution in [0.15, 0.2) is 60.7 Å². The minimum absolute atomic E-state index is 0.0328. The maximum Gasteiger partial charge on any atom is 0.220 e. The lowest BCUT2D eigenvalue weighted by molar-refractivity contribution is -0.121. The number of para-hydroxylation sites is 1. The van der Waals surface area contributed by atoms with E-state index in [0.717, 1.165) is 62.0 Å². The van der Waals surface area contributed by atoms with Crippen LogP contribution in [0, 0.1) is 0 Å². The van der Waals surface area contributed by atoms with E-state index >= 15 is 0 Å². The molecular formula is C27H33N5O2. The Balaban J connectivity index is 1.30. The molecule has 0 radical (unpaired) electrons. The highest BCUT2D eigenvalue weighted by atomic mass is 16.5. The van der Waals surface area contributed by atoms with Gasteiger partial charge in [-0.15, -0.1) is 10.2 Å². The fourth-order valence-corrected chi connectivity index (χ4v) is 4.31. The van der Waals surface area contributed by atoms with E-state index in [-0.39, 0.29) is 11.9 Å². The van der Waals surface area contributed by atoms with Gasteiger partial charge in [-0.3, -0.25) is 9.69 Å². The molecule has 0 spiro atoms. The zero-order valence-electron chi connectivity index (χ0n) is 20.0. The fraction of sp³-hybridized carbons (Fsp3) is 0.370. The van der Waals surface area contributed by atoms with Crippen LogP contribution in [0.3, 0.4) is 0 Å². The Bertz CT molecular complexity index is 1110. The first-order chi connectivity index (χ1) is 16.6. The van der Waals surface area contributed by atoms with Gasteiger partial charge >= 0.3 is 0 Å². The molecule has 34 heavy (non-hydrogen) atoms. The van der Waals surface area contributed by atoms with Crippen molar-refractivity contribution in [2.45, 2.75) is 38.8 Å². The first-order valence-corrected chi connectivity index (χ1v) is 11.9. The zero-order valence-corrected chi connectivity index (χ0v) is 20.0. The third kappa shape index (κ3) is 6.11. The van der Waals surface area contributed by atoms with Crippen molar-refractivity contribution in [1.82, 2.24) is 25.0 Å². The Morgan fingerprint density at radius 3 is 2.71 bits per heavy atom. The normalized spacial score (nSPS) is 15.0. The Labute approximate surface area is 201 Å². The van der Waals surface area contributed by atoms with E-state index in [2.05, 4.69) is 43.2 Å². The molecule has 1 amide bonds. The molecule has 2 aromatic carbocycles. The van der Waals surface area contributed by atoms with Gasteiger partial charge in [0.15, 0.2) is 5.82 Å². The lowest BCUT2D eigenvalue weighted by atomic mass is 10.1. The number of fused-ring (bicyclic) bond motifs is 1. The van der Waals surface area contributed by atoms with Gasteiger partial charge < -0.3 is 14.6 Å². The van der Waals surface area contributed by atoms with Crippen molar-refractivity contribution in [2.75, 3.05) is 26.7 Å². The number of aromatic nitrogens is 3. The molecule has 7 nitrogen and oxygen atoms in total. The van der Waals surface area contributed by atoms with Crippen molar-refractivity contribution < 1.29 is 9.53 Å². The van der Waals surface area contributed by atoms with E-state index in [1.165, 1.54) is 5.56 Å². The molecule has 0 saturated heterocycles. The average Bonchev–Trinajstić information content (AvgIpc) is 3.17. The second-order valence-corrected chi connectivity index (χ2v) is 8.60. The molecule has 1 atom stereocenters. The number of nitrogens with zero attached hydrogens (tertiary/aromatic N) is 4. The summed E-state index contributed by atoms with van der Waals surface area (Å²) in [6, 6.07) is 17.9. The first-order valence-electron chi connectivity index (χ1n) is 11.9. The topological polar surface area (TPSA) is 72.3 Å². The van der Waals surface area contributed by atoms with Gasteiger partial charge in [0.1, 0.15) is 11.6 Å². The Morgan fingerprint density at radius 2 is 1.88 bits per heavy atom. The fourth-order valence-electron chi connectivity index (χ4n) is 4.31. The van der Waals surface area contributed by atoms with Gasteiger partial charge in [-0.2, -0.15) is 0 Å². The van der Waals surface area contributed by atoms with Gasteiger partial charge in [-0.05, 0) is 25.0 Å². The molecule has 0 saturated carbocycles. The van der Waals surface area contributed by atoms with E-state index in [9.17, 15) is 4.79 Å². The van der Waals surface area contributed by atoms with E-state index in [1.807, 2.05) is 55.5 Å². The maximum absolute atomic E-state index is 12.5. The Kier molecular flexibility index (Phi) is 8.09. The number of hydrogen-bond acceptors (Lipinski definition) is 5. The summed E-state index contributed by atoms with van der Waals surface area (Å²) in [5.41, 5.74) is 2.25. The third-order valence-corrected chi connectivity index (χ3v) is 6.20. The van der Waals surface area contributed by atoms with Gasteiger partial charge in [0.05, 0.1) is 13.2 Å². The SMILES string of the molecule is COc1ccccc1/C=C/CN1CCc2nnc([C@H](C)NC(=O)CCc3ccccc3)n2CC1. The van der Waals surface area contributed by atoms with Crippen molar-refractivity contribution in [2.24, 2.45) is 0 Å². The van der Waals surface area contributed by atoms with Crippen LogP contribution in [0.5, 0.6) is 5.75 Å². The molecule has 0 fully saturated rings. The van der Waals surface area contributed by atoms with Crippen molar-refractivity contribution in [3.05, 3.63) is 83.4 Å². The largest absolute Gasteiger partial charge is 0.496 e. The minimum Gasteiger partial charge on any atom is -0.496 e. The van der Waals surface area contributed by atoms with Crippen LogP contribution in [-0.4, -0.2) is 52.3 Å². The molecule has 0 aliphatic carbocycles. The molecule has 0 bridgehead atoms. The smallest absolute Gasteiger partial charge is 0.220 e. The van der Waals surface area contributed by atoms with Crippen molar-refractivity contribution >= 4 is 12.0 Å². The molecule has 0 unspecified atom stereocenters. The summed E-state index contributed by atoms with van der Waals surface area (Å²) in [4.78, 5) is 14.9. The van der Waals surface area contributed by atoms with Crippen LogP contribution in [0.2, 0.25) is 0 Å². The van der Waals surface area contributed by atoms with E-state index in [0.29, 0.717) is 6.42 Å². The number of amides is 1. The summed E-state index contributed by atoms with van der Waals surface area (Å²) in [6.07, 6.45) is 6.32. The number of rotatable bonds is 9. The van der Waals surface area contributed by atoms with Crippen molar-refractivity contribution in [3.8, 4) is 5.75 Å². The van der Waals surface area contributed by atoms with Gasteiger partial charge in [0, 0.05) is 44.6 Å². The molecular weight excluding hydrogens is 426 g/mol. The number of nitrogens with one attached hydrogen (secondary N) is 1. The van der Waals surface area contributed by atoms with E-state index in [4.69, 9.17) is 4.74 Å². The zero-order chi connectivity index (χ0) is 23.8. The van der Waals surface area contributed by atoms with Gasteiger partial charge in [-0.25, -0.2) is 0 Å². The highest BCUT2D eigenvalue weighted by molar-refractivity contribution is 5.76. The second kappa shape index (κ2) is 11.6. The lowest BCUT2D eigenvalue weighted by Gasteiger charge is -2.18. The highest BCUT2D eigenvalue weighted by Gasteiger charge is 2.22. The van der Waals surface area contributed by atoms with Crippen LogP contribution in [0.1, 0.15) is 42.2 Å². The van der Waals surface area contributed by atoms with E-state index in [1.54, 1.807) is 7.11 Å². The highest BCUT2D eigenvalue weighted by Crippen LogP contribution is 2.19. The number of ether oxygens (including phenoxy) is 1. The molecule has 7 heteroatoms. The second-order valence-electron chi connectivity index (χ2n) is 8.60. The van der Waals surface area contributed by atoms with Crippen LogP contribution in [0.4, 0.5) is 0 Å². The molecule has 1 aliphatic heterocycles. The molecule has 1 aromatic heterocycles. The summed E-state index contributed by atoms with van der Waals surface area (Å²) < 4.78 is 7.60. The molecule has 1 N–H and O–H groups in total. The van der Waals surface area contributed by atoms with E-state index < -0.39 is 0 Å². The average molecular weight is 460 g/mol. The summed E-state index contributed by atoms with van der Waals surface area (Å²) >= 11 is 0. The standard InChI is InChI=1S/C27H33N5O2/c1-21(28-26(33)15-14-22-9-4-3-5-10-22)27-30-29-25-16-18-31(19-20-32(25)27)17-8-12-23-11-6-7-13-24(23)34-2/h3-13,21H,14-20H2,1-2H3,(H,28,33)/b12-8+/t21-/m0/s1. The van der Waals surface area contributed by atoms with Gasteiger partial charge in [-0.1, -0.05) is 60.7 Å². The maximum atomic E-state index is 12.5.